The summed E-state index contributed by atoms with van der Waals surface area (Å²) in [6, 6.07) is -0.439. The van der Waals surface area contributed by atoms with Crippen LogP contribution in [0.3, 0.4) is 0 Å². The van der Waals surface area contributed by atoms with Crippen LogP contribution in [-0.4, -0.2) is 31.6 Å². The summed E-state index contributed by atoms with van der Waals surface area (Å²) in [5, 5.41) is 2.21. The number of piperidine rings is 1. The Morgan fingerprint density at radius 2 is 2.29 bits per heavy atom. The van der Waals surface area contributed by atoms with Gasteiger partial charge in [-0.25, -0.2) is 13.1 Å². The molecule has 2 atom stereocenters. The molecule has 0 aromatic carbocycles. The molecule has 0 radical (unpaired) electrons. The highest BCUT2D eigenvalue weighted by Gasteiger charge is 2.28. The molecule has 0 aliphatic carbocycles. The molecule has 2 N–H and O–H groups in total. The number of rotatable bonds is 3. The van der Waals surface area contributed by atoms with Crippen LogP contribution < -0.4 is 10.0 Å². The predicted octanol–water partition coefficient (Wildman–Crippen LogP) is -0.231. The third kappa shape index (κ3) is 3.11. The Labute approximate surface area is 88.2 Å². The number of nitrogens with one attached hydrogen (secondary N) is 2. The van der Waals surface area contributed by atoms with Crippen molar-refractivity contribution < 1.29 is 13.2 Å². The lowest BCUT2D eigenvalue weighted by Crippen LogP contribution is -2.54. The quantitative estimate of drug-likeness (QED) is 0.669. The van der Waals surface area contributed by atoms with Crippen LogP contribution in [0, 0.1) is 0 Å². The van der Waals surface area contributed by atoms with Crippen LogP contribution >= 0.6 is 11.6 Å². The molecule has 0 aromatic heterocycles. The van der Waals surface area contributed by atoms with E-state index in [1.807, 2.05) is 0 Å². The van der Waals surface area contributed by atoms with Gasteiger partial charge in [0, 0.05) is 18.5 Å². The zero-order valence-electron chi connectivity index (χ0n) is 7.79. The predicted molar refractivity (Wildman–Crippen MR) is 53.4 cm³/mol. The standard InChI is InChI=1S/C7H13ClN2O3S/c1-5-6(2-3-7(11)9-5)10-14(12,13)4-8/h5-6,10H,2-4H2,1H3,(H,9,11). The average Bonchev–Trinajstić information content (AvgIpc) is 2.10. The van der Waals surface area contributed by atoms with Crippen LogP contribution in [-0.2, 0) is 14.8 Å². The van der Waals surface area contributed by atoms with Crippen molar-refractivity contribution in [1.82, 2.24) is 10.0 Å². The molecule has 0 aromatic rings. The van der Waals surface area contributed by atoms with Gasteiger partial charge < -0.3 is 5.32 Å². The summed E-state index contributed by atoms with van der Waals surface area (Å²) in [4.78, 5) is 10.9. The zero-order valence-corrected chi connectivity index (χ0v) is 9.36. The second-order valence-corrected chi connectivity index (χ2v) is 5.68. The lowest BCUT2D eigenvalue weighted by molar-refractivity contribution is -0.123. The summed E-state index contributed by atoms with van der Waals surface area (Å²) < 4.78 is 24.7. The van der Waals surface area contributed by atoms with E-state index < -0.39 is 15.2 Å². The Morgan fingerprint density at radius 1 is 1.64 bits per heavy atom. The lowest BCUT2D eigenvalue weighted by Gasteiger charge is -2.29. The molecule has 1 rings (SSSR count). The van der Waals surface area contributed by atoms with Crippen molar-refractivity contribution in [2.45, 2.75) is 31.8 Å². The second-order valence-electron chi connectivity index (χ2n) is 3.34. The highest BCUT2D eigenvalue weighted by atomic mass is 35.5. The number of carbonyl (C=O) groups is 1. The van der Waals surface area contributed by atoms with E-state index in [1.165, 1.54) is 0 Å². The van der Waals surface area contributed by atoms with Gasteiger partial charge in [-0.1, -0.05) is 0 Å². The van der Waals surface area contributed by atoms with Crippen LogP contribution in [0.1, 0.15) is 19.8 Å². The maximum absolute atomic E-state index is 11.1. The fourth-order valence-electron chi connectivity index (χ4n) is 1.39. The van der Waals surface area contributed by atoms with Crippen LogP contribution in [0.25, 0.3) is 0 Å². The van der Waals surface area contributed by atoms with Crippen LogP contribution in [0.4, 0.5) is 0 Å². The van der Waals surface area contributed by atoms with Crippen molar-refractivity contribution in [2.24, 2.45) is 0 Å². The van der Waals surface area contributed by atoms with Gasteiger partial charge in [0.2, 0.25) is 15.9 Å². The molecule has 5 nitrogen and oxygen atoms in total. The lowest BCUT2D eigenvalue weighted by atomic mass is 10.0. The van der Waals surface area contributed by atoms with Crippen molar-refractivity contribution in [1.29, 1.82) is 0 Å². The highest BCUT2D eigenvalue weighted by molar-refractivity contribution is 7.90. The smallest absolute Gasteiger partial charge is 0.225 e. The van der Waals surface area contributed by atoms with Gasteiger partial charge in [0.15, 0.2) is 0 Å². The van der Waals surface area contributed by atoms with Gasteiger partial charge in [-0.2, -0.15) is 0 Å². The summed E-state index contributed by atoms with van der Waals surface area (Å²) >= 11 is 5.25. The van der Waals surface area contributed by atoms with Gasteiger partial charge in [0.05, 0.1) is 0 Å². The molecule has 0 bridgehead atoms. The van der Waals surface area contributed by atoms with E-state index >= 15 is 0 Å². The van der Waals surface area contributed by atoms with Crippen molar-refractivity contribution in [3.8, 4) is 0 Å². The second kappa shape index (κ2) is 4.46. The third-order valence-corrected chi connectivity index (χ3v) is 3.96. The Bertz CT molecular complexity index is 317. The summed E-state index contributed by atoms with van der Waals surface area (Å²) in [7, 11) is -3.41. The van der Waals surface area contributed by atoms with Gasteiger partial charge in [0.25, 0.3) is 0 Å². The van der Waals surface area contributed by atoms with Gasteiger partial charge in [-0.05, 0) is 13.3 Å². The molecule has 0 spiro atoms. The largest absolute Gasteiger partial charge is 0.352 e. The molecular formula is C7H13ClN2O3S. The first-order valence-corrected chi connectivity index (χ1v) is 6.48. The van der Waals surface area contributed by atoms with Crippen molar-refractivity contribution >= 4 is 27.5 Å². The molecule has 1 aliphatic heterocycles. The molecule has 7 heteroatoms. The first-order valence-electron chi connectivity index (χ1n) is 4.30. The Kier molecular flexibility index (Phi) is 3.74. The molecule has 1 amide bonds. The number of carbonyl (C=O) groups excluding carboxylic acids is 1. The number of hydrogen-bond donors (Lipinski definition) is 2. The summed E-state index contributed by atoms with van der Waals surface area (Å²) in [6.45, 7) is 1.76. The van der Waals surface area contributed by atoms with Gasteiger partial charge in [0.1, 0.15) is 5.21 Å². The van der Waals surface area contributed by atoms with E-state index in [2.05, 4.69) is 10.0 Å². The Hall–Kier alpha value is -0.330. The zero-order chi connectivity index (χ0) is 10.8. The number of sulfonamides is 1. The molecule has 14 heavy (non-hydrogen) atoms. The van der Waals surface area contributed by atoms with E-state index in [0.29, 0.717) is 12.8 Å². The molecule has 1 heterocycles. The van der Waals surface area contributed by atoms with E-state index in [-0.39, 0.29) is 18.0 Å². The first kappa shape index (κ1) is 11.7. The van der Waals surface area contributed by atoms with E-state index in [9.17, 15) is 13.2 Å². The topological polar surface area (TPSA) is 75.3 Å². The van der Waals surface area contributed by atoms with Crippen LogP contribution in [0.15, 0.2) is 0 Å². The Morgan fingerprint density at radius 3 is 2.79 bits per heavy atom. The molecule has 1 saturated heterocycles. The number of halogens is 1. The fourth-order valence-corrected chi connectivity index (χ4v) is 2.42. The van der Waals surface area contributed by atoms with Crippen molar-refractivity contribution in [3.63, 3.8) is 0 Å². The van der Waals surface area contributed by atoms with E-state index in [4.69, 9.17) is 11.6 Å². The fraction of sp³-hybridized carbons (Fsp3) is 0.857. The van der Waals surface area contributed by atoms with Gasteiger partial charge >= 0.3 is 0 Å². The minimum absolute atomic E-state index is 0.0428. The maximum Gasteiger partial charge on any atom is 0.225 e. The van der Waals surface area contributed by atoms with Crippen LogP contribution in [0.2, 0.25) is 0 Å². The summed E-state index contributed by atoms with van der Waals surface area (Å²) in [5.74, 6) is -0.0428. The van der Waals surface area contributed by atoms with Gasteiger partial charge in [-0.3, -0.25) is 4.79 Å². The summed E-state index contributed by atoms with van der Waals surface area (Å²) in [6.07, 6.45) is 0.864. The summed E-state index contributed by atoms with van der Waals surface area (Å²) in [5.41, 5.74) is 0. The van der Waals surface area contributed by atoms with Crippen LogP contribution in [0.5, 0.6) is 0 Å². The third-order valence-electron chi connectivity index (χ3n) is 2.15. The van der Waals surface area contributed by atoms with Crippen molar-refractivity contribution in [3.05, 3.63) is 0 Å². The van der Waals surface area contributed by atoms with Crippen molar-refractivity contribution in [2.75, 3.05) is 5.21 Å². The Balaban J connectivity index is 2.58. The molecule has 0 saturated carbocycles. The molecule has 1 fully saturated rings. The normalized spacial score (nSPS) is 28.6. The number of alkyl halides is 1. The number of amides is 1. The highest BCUT2D eigenvalue weighted by Crippen LogP contribution is 2.10. The van der Waals surface area contributed by atoms with E-state index in [1.54, 1.807) is 6.92 Å². The minimum atomic E-state index is -3.41. The number of hydrogen-bond acceptors (Lipinski definition) is 3. The average molecular weight is 241 g/mol. The molecular weight excluding hydrogens is 228 g/mol. The SMILES string of the molecule is CC1NC(=O)CCC1NS(=O)(=O)CCl. The van der Waals surface area contributed by atoms with E-state index in [0.717, 1.165) is 0 Å². The minimum Gasteiger partial charge on any atom is -0.352 e. The molecule has 2 unspecified atom stereocenters. The van der Waals surface area contributed by atoms with Gasteiger partial charge in [-0.15, -0.1) is 11.6 Å². The molecule has 82 valence electrons. The maximum atomic E-state index is 11.1. The molecule has 1 aliphatic rings. The monoisotopic (exact) mass is 240 g/mol. The first-order chi connectivity index (χ1) is 6.44.